The Morgan fingerprint density at radius 1 is 0.340 bits per heavy atom. The number of aromatic nitrogens is 3. The zero-order valence-corrected chi connectivity index (χ0v) is 25.3. The third-order valence-electron chi connectivity index (χ3n) is 8.74. The minimum Gasteiger partial charge on any atom is -0.456 e. The molecule has 0 N–H and O–H groups in total. The fourth-order valence-corrected chi connectivity index (χ4v) is 6.45. The number of nitrogens with zero attached hydrogens (tertiary/aromatic N) is 3. The summed E-state index contributed by atoms with van der Waals surface area (Å²) in [5.74, 6) is 1.83. The van der Waals surface area contributed by atoms with Crippen LogP contribution in [0.1, 0.15) is 0 Å². The molecule has 7 aromatic carbocycles. The van der Waals surface area contributed by atoms with E-state index in [4.69, 9.17) is 19.4 Å². The minimum atomic E-state index is 0.590. The molecule has 0 saturated carbocycles. The van der Waals surface area contributed by atoms with Crippen LogP contribution in [-0.2, 0) is 0 Å². The quantitative estimate of drug-likeness (QED) is 0.197. The van der Waals surface area contributed by atoms with Crippen molar-refractivity contribution in [1.29, 1.82) is 0 Å². The van der Waals surface area contributed by atoms with Crippen LogP contribution in [-0.4, -0.2) is 15.0 Å². The first-order valence-corrected chi connectivity index (χ1v) is 15.7. The highest BCUT2D eigenvalue weighted by molar-refractivity contribution is 6.13. The van der Waals surface area contributed by atoms with Crippen LogP contribution in [0.3, 0.4) is 0 Å². The first-order valence-electron chi connectivity index (χ1n) is 15.7. The van der Waals surface area contributed by atoms with Gasteiger partial charge in [0.25, 0.3) is 0 Å². The molecule has 2 aromatic heterocycles. The third-order valence-corrected chi connectivity index (χ3v) is 8.74. The summed E-state index contributed by atoms with van der Waals surface area (Å²) in [5, 5.41) is 4.47. The number of hydrogen-bond donors (Lipinski definition) is 0. The lowest BCUT2D eigenvalue weighted by molar-refractivity contribution is 0.669. The maximum atomic E-state index is 6.46. The number of rotatable bonds is 5. The van der Waals surface area contributed by atoms with Crippen molar-refractivity contribution in [2.45, 2.75) is 0 Å². The van der Waals surface area contributed by atoms with Crippen LogP contribution in [0, 0.1) is 0 Å². The molecule has 0 atom stereocenters. The Morgan fingerprint density at radius 3 is 1.68 bits per heavy atom. The predicted octanol–water partition coefficient (Wildman–Crippen LogP) is 11.3. The largest absolute Gasteiger partial charge is 0.456 e. The maximum Gasteiger partial charge on any atom is 0.164 e. The lowest BCUT2D eigenvalue weighted by Gasteiger charge is -2.12. The Hall–Kier alpha value is -6.39. The van der Waals surface area contributed by atoms with Gasteiger partial charge in [-0.2, -0.15) is 0 Å². The van der Waals surface area contributed by atoms with Gasteiger partial charge in [-0.15, -0.1) is 0 Å². The van der Waals surface area contributed by atoms with Crippen LogP contribution >= 0.6 is 0 Å². The minimum absolute atomic E-state index is 0.590. The van der Waals surface area contributed by atoms with E-state index < -0.39 is 0 Å². The van der Waals surface area contributed by atoms with E-state index in [-0.39, 0.29) is 0 Å². The topological polar surface area (TPSA) is 51.8 Å². The number of fused-ring (bicyclic) bond motifs is 4. The van der Waals surface area contributed by atoms with Crippen molar-refractivity contribution in [1.82, 2.24) is 15.0 Å². The third kappa shape index (κ3) is 4.84. The maximum absolute atomic E-state index is 6.46. The summed E-state index contributed by atoms with van der Waals surface area (Å²) >= 11 is 0. The molecule has 0 aliphatic heterocycles. The zero-order chi connectivity index (χ0) is 31.2. The van der Waals surface area contributed by atoms with E-state index in [1.807, 2.05) is 30.3 Å². The van der Waals surface area contributed by atoms with Gasteiger partial charge in [0, 0.05) is 27.5 Å². The van der Waals surface area contributed by atoms with Gasteiger partial charge >= 0.3 is 0 Å². The van der Waals surface area contributed by atoms with E-state index in [9.17, 15) is 0 Å². The number of furan rings is 1. The van der Waals surface area contributed by atoms with Gasteiger partial charge in [-0.05, 0) is 57.3 Å². The summed E-state index contributed by atoms with van der Waals surface area (Å²) in [6, 6.07) is 56.3. The first-order chi connectivity index (χ1) is 23.3. The summed E-state index contributed by atoms with van der Waals surface area (Å²) in [6.45, 7) is 0. The van der Waals surface area contributed by atoms with Gasteiger partial charge < -0.3 is 4.42 Å². The molecule has 0 saturated heterocycles. The Kier molecular flexibility index (Phi) is 6.43. The monoisotopic (exact) mass is 601 g/mol. The Morgan fingerprint density at radius 2 is 0.915 bits per heavy atom. The summed E-state index contributed by atoms with van der Waals surface area (Å²) in [4.78, 5) is 15.3. The number of benzene rings is 7. The average Bonchev–Trinajstić information content (AvgIpc) is 3.53. The lowest BCUT2D eigenvalue weighted by Crippen LogP contribution is -2.01. The van der Waals surface area contributed by atoms with Crippen LogP contribution in [0.25, 0.3) is 89.1 Å². The molecule has 47 heavy (non-hydrogen) atoms. The van der Waals surface area contributed by atoms with E-state index >= 15 is 0 Å². The second kappa shape index (κ2) is 11.2. The van der Waals surface area contributed by atoms with Crippen molar-refractivity contribution in [2.24, 2.45) is 0 Å². The molecule has 220 valence electrons. The van der Waals surface area contributed by atoms with Crippen LogP contribution in [0.4, 0.5) is 0 Å². The number of hydrogen-bond acceptors (Lipinski definition) is 4. The van der Waals surface area contributed by atoms with Gasteiger partial charge in [-0.1, -0.05) is 140 Å². The Bertz CT molecular complexity index is 2570. The van der Waals surface area contributed by atoms with Gasteiger partial charge in [0.2, 0.25) is 0 Å². The van der Waals surface area contributed by atoms with E-state index in [1.54, 1.807) is 0 Å². The second-order valence-electron chi connectivity index (χ2n) is 11.6. The highest BCUT2D eigenvalue weighted by Gasteiger charge is 2.18. The lowest BCUT2D eigenvalue weighted by atomic mass is 9.98. The van der Waals surface area contributed by atoms with Crippen molar-refractivity contribution in [2.75, 3.05) is 0 Å². The zero-order valence-electron chi connectivity index (χ0n) is 25.3. The van der Waals surface area contributed by atoms with Crippen molar-refractivity contribution >= 4 is 32.7 Å². The molecule has 0 bridgehead atoms. The molecule has 4 heteroatoms. The Labute approximate surface area is 271 Å². The van der Waals surface area contributed by atoms with E-state index in [0.717, 1.165) is 66.3 Å². The first kappa shape index (κ1) is 27.0. The van der Waals surface area contributed by atoms with Crippen molar-refractivity contribution in [3.8, 4) is 56.4 Å². The van der Waals surface area contributed by atoms with E-state index in [0.29, 0.717) is 17.5 Å². The normalized spacial score (nSPS) is 11.4. The fraction of sp³-hybridized carbons (Fsp3) is 0. The molecule has 0 fully saturated rings. The molecule has 0 radical (unpaired) electrons. The standard InChI is InChI=1S/C43H27N3O/c1-3-13-29(14-4-1)34-18-9-10-19-36(34)43-45-41(32-23-22-28-12-7-8-17-31(28)26-32)44-42(46-43)33-24-25-37-39(27-33)47-38-21-11-20-35(40(37)38)30-15-5-2-6-16-30/h1-27H. The van der Waals surface area contributed by atoms with Gasteiger partial charge in [0.1, 0.15) is 11.2 Å². The van der Waals surface area contributed by atoms with Gasteiger partial charge in [-0.3, -0.25) is 0 Å². The van der Waals surface area contributed by atoms with E-state index in [1.165, 1.54) is 5.39 Å². The van der Waals surface area contributed by atoms with Crippen molar-refractivity contribution in [3.63, 3.8) is 0 Å². The smallest absolute Gasteiger partial charge is 0.164 e. The molecule has 9 aromatic rings. The van der Waals surface area contributed by atoms with Crippen LogP contribution in [0.5, 0.6) is 0 Å². The molecule has 0 unspecified atom stereocenters. The highest BCUT2D eigenvalue weighted by Crippen LogP contribution is 2.39. The molecule has 9 rings (SSSR count). The van der Waals surface area contributed by atoms with Crippen LogP contribution < -0.4 is 0 Å². The molecule has 0 aliphatic carbocycles. The summed E-state index contributed by atoms with van der Waals surface area (Å²) < 4.78 is 6.46. The SMILES string of the molecule is c1ccc(-c2ccccc2-c2nc(-c3ccc4ccccc4c3)nc(-c3ccc4c(c3)oc3cccc(-c5ccccc5)c34)n2)cc1. The van der Waals surface area contributed by atoms with Gasteiger partial charge in [-0.25, -0.2) is 15.0 Å². The second-order valence-corrected chi connectivity index (χ2v) is 11.6. The molecule has 0 aliphatic rings. The van der Waals surface area contributed by atoms with Gasteiger partial charge in [0.15, 0.2) is 17.5 Å². The molecular formula is C43H27N3O. The van der Waals surface area contributed by atoms with Crippen molar-refractivity contribution in [3.05, 3.63) is 164 Å². The molecule has 2 heterocycles. The molecule has 0 spiro atoms. The van der Waals surface area contributed by atoms with Crippen LogP contribution in [0.15, 0.2) is 168 Å². The fourth-order valence-electron chi connectivity index (χ4n) is 6.45. The van der Waals surface area contributed by atoms with E-state index in [2.05, 4.69) is 133 Å². The summed E-state index contributed by atoms with van der Waals surface area (Å²) in [7, 11) is 0. The molecular weight excluding hydrogens is 574 g/mol. The van der Waals surface area contributed by atoms with Gasteiger partial charge in [0.05, 0.1) is 0 Å². The Balaban J connectivity index is 1.25. The van der Waals surface area contributed by atoms with Crippen LogP contribution in [0.2, 0.25) is 0 Å². The van der Waals surface area contributed by atoms with Crippen molar-refractivity contribution < 1.29 is 4.42 Å². The molecule has 4 nitrogen and oxygen atoms in total. The summed E-state index contributed by atoms with van der Waals surface area (Å²) in [6.07, 6.45) is 0. The predicted molar refractivity (Wildman–Crippen MR) is 192 cm³/mol. The summed E-state index contributed by atoms with van der Waals surface area (Å²) in [5.41, 5.74) is 8.86. The average molecular weight is 602 g/mol. The highest BCUT2D eigenvalue weighted by atomic mass is 16.3. The molecule has 0 amide bonds.